The number of benzene rings is 10. The summed E-state index contributed by atoms with van der Waals surface area (Å²) in [5, 5.41) is 4.12. The van der Waals surface area contributed by atoms with Gasteiger partial charge in [0.15, 0.2) is 0 Å². The fourth-order valence-corrected chi connectivity index (χ4v) is 10.9. The summed E-state index contributed by atoms with van der Waals surface area (Å²) in [6.07, 6.45) is 0. The first kappa shape index (κ1) is 46.6. The lowest BCUT2D eigenvalue weighted by Gasteiger charge is -2.33. The number of furan rings is 3. The molecule has 0 aliphatic heterocycles. The molecule has 3 heterocycles. The molecule has 0 aliphatic carbocycles. The normalized spacial score (nSPS) is 11.4. The zero-order valence-electron chi connectivity index (χ0n) is 41.5. The summed E-state index contributed by atoms with van der Waals surface area (Å²) >= 11 is 15.5. The standard InChI is InChI=1S/C68H47Cl2N3O3/c1-44-16-12-17-45(2)68(44)73(58-28-15-27-57(43-58)71(53-23-4-3-5-24-53)54-34-32-46(33-35-54)64-38-49-18-6-9-29-61(49)74-64)60-42-52(69)41-59(67(60)70)72(55-25-13-21-47(36-55)65-39-50-19-7-10-30-62(50)75-65)56-26-14-22-48(37-56)66-40-51-20-8-11-31-63(51)76-66/h3-43H,1-2H3. The third kappa shape index (κ3) is 8.73. The Labute approximate surface area is 450 Å². The van der Waals surface area contributed by atoms with Gasteiger partial charge in [-0.25, -0.2) is 0 Å². The van der Waals surface area contributed by atoms with Gasteiger partial charge >= 0.3 is 0 Å². The Morgan fingerprint density at radius 3 is 1.21 bits per heavy atom. The van der Waals surface area contributed by atoms with Crippen molar-refractivity contribution in [3.63, 3.8) is 0 Å². The Kier molecular flexibility index (Phi) is 12.0. The van der Waals surface area contributed by atoms with E-state index in [1.807, 2.05) is 84.9 Å². The van der Waals surface area contributed by atoms with Gasteiger partial charge in [0.1, 0.15) is 34.0 Å². The van der Waals surface area contributed by atoms with Crippen molar-refractivity contribution in [3.05, 3.63) is 270 Å². The van der Waals surface area contributed by atoms with Crippen LogP contribution in [-0.2, 0) is 0 Å². The van der Waals surface area contributed by atoms with E-state index in [9.17, 15) is 0 Å². The maximum Gasteiger partial charge on any atom is 0.135 e. The van der Waals surface area contributed by atoms with Gasteiger partial charge in [-0.1, -0.05) is 145 Å². The number of rotatable bonds is 12. The lowest BCUT2D eigenvalue weighted by atomic mass is 10.0. The molecule has 0 amide bonds. The van der Waals surface area contributed by atoms with E-state index in [4.69, 9.17) is 36.5 Å². The number of nitrogens with zero attached hydrogens (tertiary/aromatic N) is 3. The van der Waals surface area contributed by atoms with Gasteiger partial charge in [-0.05, 0) is 152 Å². The largest absolute Gasteiger partial charge is 0.456 e. The lowest BCUT2D eigenvalue weighted by molar-refractivity contribution is 0.631. The van der Waals surface area contributed by atoms with Crippen LogP contribution in [0.4, 0.5) is 51.2 Å². The van der Waals surface area contributed by atoms with Gasteiger partial charge in [-0.15, -0.1) is 0 Å². The van der Waals surface area contributed by atoms with Crippen LogP contribution >= 0.6 is 23.2 Å². The Morgan fingerprint density at radius 1 is 0.303 bits per heavy atom. The minimum absolute atomic E-state index is 0.488. The molecule has 0 spiro atoms. The first-order valence-electron chi connectivity index (χ1n) is 25.2. The van der Waals surface area contributed by atoms with E-state index in [2.05, 4.69) is 192 Å². The molecule has 10 aromatic carbocycles. The Hall–Kier alpha value is -9.20. The zero-order chi connectivity index (χ0) is 51.3. The molecule has 13 aromatic rings. The molecule has 0 radical (unpaired) electrons. The predicted molar refractivity (Wildman–Crippen MR) is 316 cm³/mol. The molecule has 366 valence electrons. The molecule has 6 nitrogen and oxygen atoms in total. The maximum absolute atomic E-state index is 8.08. The van der Waals surface area contributed by atoms with E-state index < -0.39 is 0 Å². The summed E-state index contributed by atoms with van der Waals surface area (Å²) in [4.78, 5) is 6.68. The van der Waals surface area contributed by atoms with E-state index in [0.29, 0.717) is 21.4 Å². The molecule has 0 atom stereocenters. The van der Waals surface area contributed by atoms with Crippen molar-refractivity contribution in [2.45, 2.75) is 13.8 Å². The average Bonchev–Trinajstić information content (AvgIpc) is 4.24. The Bertz CT molecular complexity index is 4030. The number of aryl methyl sites for hydroxylation is 2. The summed E-state index contributed by atoms with van der Waals surface area (Å²) < 4.78 is 19.2. The highest BCUT2D eigenvalue weighted by atomic mass is 35.5. The van der Waals surface area contributed by atoms with Crippen LogP contribution in [0.15, 0.2) is 262 Å². The zero-order valence-corrected chi connectivity index (χ0v) is 43.0. The van der Waals surface area contributed by atoms with E-state index in [-0.39, 0.29) is 0 Å². The molecule has 0 unspecified atom stereocenters. The Morgan fingerprint density at radius 2 is 0.697 bits per heavy atom. The van der Waals surface area contributed by atoms with Crippen molar-refractivity contribution in [2.24, 2.45) is 0 Å². The summed E-state index contributed by atoms with van der Waals surface area (Å²) in [6, 6.07) is 85.0. The topological polar surface area (TPSA) is 49.1 Å². The molecule has 0 fully saturated rings. The number of anilines is 9. The second kappa shape index (κ2) is 19.6. The summed E-state index contributed by atoms with van der Waals surface area (Å²) in [7, 11) is 0. The summed E-state index contributed by atoms with van der Waals surface area (Å²) in [5.41, 5.74) is 15.3. The van der Waals surface area contributed by atoms with E-state index in [1.54, 1.807) is 0 Å². The molecule has 13 rings (SSSR count). The average molecular weight is 1030 g/mol. The van der Waals surface area contributed by atoms with Crippen LogP contribution in [0.3, 0.4) is 0 Å². The molecular weight excluding hydrogens is 978 g/mol. The summed E-state index contributed by atoms with van der Waals surface area (Å²) in [6.45, 7) is 4.27. The van der Waals surface area contributed by atoms with Crippen molar-refractivity contribution >= 4 is 107 Å². The lowest BCUT2D eigenvalue weighted by Crippen LogP contribution is -2.17. The van der Waals surface area contributed by atoms with E-state index in [0.717, 1.165) is 118 Å². The van der Waals surface area contributed by atoms with Crippen molar-refractivity contribution in [1.82, 2.24) is 0 Å². The van der Waals surface area contributed by atoms with Crippen molar-refractivity contribution in [1.29, 1.82) is 0 Å². The van der Waals surface area contributed by atoms with Gasteiger partial charge in [0.2, 0.25) is 0 Å². The minimum atomic E-state index is 0.488. The molecule has 0 bridgehead atoms. The number of hydrogen-bond acceptors (Lipinski definition) is 6. The third-order valence-electron chi connectivity index (χ3n) is 14.0. The Balaban J connectivity index is 0.972. The molecular formula is C68H47Cl2N3O3. The second-order valence-corrected chi connectivity index (χ2v) is 19.8. The first-order chi connectivity index (χ1) is 37.3. The van der Waals surface area contributed by atoms with E-state index >= 15 is 0 Å². The second-order valence-electron chi connectivity index (χ2n) is 19.0. The molecule has 0 saturated heterocycles. The van der Waals surface area contributed by atoms with Crippen molar-refractivity contribution < 1.29 is 13.3 Å². The number of hydrogen-bond donors (Lipinski definition) is 0. The number of fused-ring (bicyclic) bond motifs is 3. The van der Waals surface area contributed by atoms with Crippen LogP contribution in [0.1, 0.15) is 11.1 Å². The van der Waals surface area contributed by atoms with Crippen LogP contribution in [-0.4, -0.2) is 0 Å². The fourth-order valence-electron chi connectivity index (χ4n) is 10.4. The van der Waals surface area contributed by atoms with Crippen molar-refractivity contribution in [3.8, 4) is 34.0 Å². The van der Waals surface area contributed by atoms with Gasteiger partial charge in [-0.2, -0.15) is 0 Å². The van der Waals surface area contributed by atoms with Gasteiger partial charge in [0.25, 0.3) is 0 Å². The highest BCUT2D eigenvalue weighted by molar-refractivity contribution is 6.38. The number of para-hydroxylation sites is 5. The molecule has 0 N–H and O–H groups in total. The third-order valence-corrected chi connectivity index (χ3v) is 14.6. The number of halogens is 2. The monoisotopic (exact) mass is 1020 g/mol. The maximum atomic E-state index is 8.08. The molecule has 8 heteroatoms. The molecule has 3 aromatic heterocycles. The molecule has 76 heavy (non-hydrogen) atoms. The predicted octanol–water partition coefficient (Wildman–Crippen LogP) is 21.3. The summed E-state index contributed by atoms with van der Waals surface area (Å²) in [5.74, 6) is 2.33. The van der Waals surface area contributed by atoms with Gasteiger partial charge in [-0.3, -0.25) is 0 Å². The van der Waals surface area contributed by atoms with Crippen LogP contribution in [0, 0.1) is 13.8 Å². The van der Waals surface area contributed by atoms with Gasteiger partial charge in [0, 0.05) is 72.0 Å². The van der Waals surface area contributed by atoms with Crippen LogP contribution < -0.4 is 14.7 Å². The van der Waals surface area contributed by atoms with Crippen molar-refractivity contribution in [2.75, 3.05) is 14.7 Å². The quantitative estimate of drug-likeness (QED) is 0.122. The highest BCUT2D eigenvalue weighted by Crippen LogP contribution is 2.51. The smallest absolute Gasteiger partial charge is 0.135 e. The van der Waals surface area contributed by atoms with Crippen LogP contribution in [0.5, 0.6) is 0 Å². The highest BCUT2D eigenvalue weighted by Gasteiger charge is 2.27. The van der Waals surface area contributed by atoms with Crippen LogP contribution in [0.25, 0.3) is 66.9 Å². The van der Waals surface area contributed by atoms with E-state index in [1.165, 1.54) is 0 Å². The first-order valence-corrected chi connectivity index (χ1v) is 25.9. The van der Waals surface area contributed by atoms with Gasteiger partial charge in [0.05, 0.1) is 22.1 Å². The van der Waals surface area contributed by atoms with Gasteiger partial charge < -0.3 is 28.0 Å². The minimum Gasteiger partial charge on any atom is -0.456 e. The SMILES string of the molecule is Cc1cccc(C)c1N(c1cccc(N(c2ccccc2)c2ccc(-c3cc4ccccc4o3)cc2)c1)c1cc(Cl)cc(N(c2cccc(-c3cc4ccccc4o3)c2)c2cccc(-c3cc4ccccc4o3)c2)c1Cl. The molecule has 0 aliphatic rings. The fraction of sp³-hybridized carbons (Fsp3) is 0.0294. The van der Waals surface area contributed by atoms with Crippen LogP contribution in [0.2, 0.25) is 10.0 Å². The molecule has 0 saturated carbocycles.